The predicted molar refractivity (Wildman–Crippen MR) is 114 cm³/mol. The minimum absolute atomic E-state index is 0.0641. The van der Waals surface area contributed by atoms with Crippen LogP contribution in [0.1, 0.15) is 15.9 Å². The number of hydrogen-bond acceptors (Lipinski definition) is 5. The summed E-state index contributed by atoms with van der Waals surface area (Å²) in [6.45, 7) is 0. The topological polar surface area (TPSA) is 81.5 Å². The van der Waals surface area contributed by atoms with Gasteiger partial charge in [0.2, 0.25) is 0 Å². The van der Waals surface area contributed by atoms with Crippen molar-refractivity contribution in [2.75, 3.05) is 12.4 Å². The SMILES string of the molecule is COc1ccc(C(=O)c2ccc(Nc3ccccc3[N+](=O)[O-])cc2Cl)c(Cl)c1Cl. The standard InChI is InChI=1S/C20H13Cl3N2O4/c1-29-17-9-8-13(18(22)19(17)23)20(26)12-7-6-11(10-14(12)21)24-15-4-2-3-5-16(15)25(27)28/h2-10,24H,1H3. The van der Waals surface area contributed by atoms with Crippen molar-refractivity contribution in [3.05, 3.63) is 90.9 Å². The normalized spacial score (nSPS) is 10.5. The van der Waals surface area contributed by atoms with Crippen LogP contribution in [0, 0.1) is 10.1 Å². The van der Waals surface area contributed by atoms with Crippen molar-refractivity contribution in [3.8, 4) is 5.75 Å². The van der Waals surface area contributed by atoms with Gasteiger partial charge in [0.05, 0.1) is 22.1 Å². The van der Waals surface area contributed by atoms with Crippen LogP contribution in [-0.2, 0) is 0 Å². The summed E-state index contributed by atoms with van der Waals surface area (Å²) in [6, 6.07) is 13.9. The Morgan fingerprint density at radius 3 is 2.34 bits per heavy atom. The molecule has 0 spiro atoms. The molecule has 0 aromatic heterocycles. The molecule has 0 heterocycles. The Morgan fingerprint density at radius 2 is 1.69 bits per heavy atom. The first-order valence-electron chi connectivity index (χ1n) is 8.20. The Hall–Kier alpha value is -2.80. The van der Waals surface area contributed by atoms with Gasteiger partial charge in [-0.15, -0.1) is 0 Å². The van der Waals surface area contributed by atoms with Gasteiger partial charge >= 0.3 is 0 Å². The third-order valence-corrected chi connectivity index (χ3v) is 5.28. The Balaban J connectivity index is 1.92. The Bertz CT molecular complexity index is 1120. The second kappa shape index (κ2) is 8.69. The first-order valence-corrected chi connectivity index (χ1v) is 9.33. The van der Waals surface area contributed by atoms with E-state index >= 15 is 0 Å². The minimum Gasteiger partial charge on any atom is -0.495 e. The van der Waals surface area contributed by atoms with E-state index in [1.807, 2.05) is 0 Å². The molecule has 6 nitrogen and oxygen atoms in total. The fraction of sp³-hybridized carbons (Fsp3) is 0.0500. The number of ether oxygens (including phenoxy) is 1. The first-order chi connectivity index (χ1) is 13.8. The number of carbonyl (C=O) groups excluding carboxylic acids is 1. The van der Waals surface area contributed by atoms with Gasteiger partial charge in [0.25, 0.3) is 5.69 Å². The molecule has 9 heteroatoms. The molecule has 0 bridgehead atoms. The number of ketones is 1. The highest BCUT2D eigenvalue weighted by Crippen LogP contribution is 2.36. The van der Waals surface area contributed by atoms with E-state index in [0.717, 1.165) is 0 Å². The highest BCUT2D eigenvalue weighted by molar-refractivity contribution is 6.45. The smallest absolute Gasteiger partial charge is 0.292 e. The number of halogens is 3. The van der Waals surface area contributed by atoms with E-state index in [2.05, 4.69) is 5.32 Å². The zero-order chi connectivity index (χ0) is 21.1. The highest BCUT2D eigenvalue weighted by atomic mass is 35.5. The number of nitro groups is 1. The number of nitrogens with zero attached hydrogens (tertiary/aromatic N) is 1. The van der Waals surface area contributed by atoms with Gasteiger partial charge in [0.1, 0.15) is 16.5 Å². The van der Waals surface area contributed by atoms with Crippen LogP contribution in [0.4, 0.5) is 17.1 Å². The monoisotopic (exact) mass is 450 g/mol. The quantitative estimate of drug-likeness (QED) is 0.261. The van der Waals surface area contributed by atoms with Crippen molar-refractivity contribution >= 4 is 57.6 Å². The third-order valence-electron chi connectivity index (χ3n) is 4.10. The number of hydrogen-bond donors (Lipinski definition) is 1. The molecule has 3 aromatic carbocycles. The maximum absolute atomic E-state index is 12.9. The average Bonchev–Trinajstić information content (AvgIpc) is 2.70. The molecule has 3 aromatic rings. The van der Waals surface area contributed by atoms with E-state index in [1.54, 1.807) is 30.3 Å². The van der Waals surface area contributed by atoms with Crippen LogP contribution in [-0.4, -0.2) is 17.8 Å². The molecule has 148 valence electrons. The first kappa shape index (κ1) is 20.9. The number of rotatable bonds is 6. The third kappa shape index (κ3) is 4.29. The van der Waals surface area contributed by atoms with Crippen LogP contribution in [0.5, 0.6) is 5.75 Å². The molecule has 0 saturated heterocycles. The van der Waals surface area contributed by atoms with Crippen LogP contribution in [0.2, 0.25) is 15.1 Å². The summed E-state index contributed by atoms with van der Waals surface area (Å²) in [5.74, 6) is -0.0647. The van der Waals surface area contributed by atoms with Gasteiger partial charge in [-0.1, -0.05) is 46.9 Å². The molecule has 0 unspecified atom stereocenters. The summed E-state index contributed by atoms with van der Waals surface area (Å²) in [4.78, 5) is 23.5. The zero-order valence-corrected chi connectivity index (χ0v) is 17.2. The molecule has 0 aliphatic heterocycles. The van der Waals surface area contributed by atoms with Gasteiger partial charge in [-0.05, 0) is 36.4 Å². The fourth-order valence-electron chi connectivity index (χ4n) is 2.68. The molecule has 0 aliphatic rings. The fourth-order valence-corrected chi connectivity index (χ4v) is 3.43. The molecule has 3 rings (SSSR count). The largest absolute Gasteiger partial charge is 0.495 e. The number of nitrogens with one attached hydrogen (secondary N) is 1. The van der Waals surface area contributed by atoms with Crippen LogP contribution in [0.3, 0.4) is 0 Å². The Labute approximate surface area is 181 Å². The lowest BCUT2D eigenvalue weighted by molar-refractivity contribution is -0.383. The van der Waals surface area contributed by atoms with Gasteiger partial charge in [-0.3, -0.25) is 14.9 Å². The summed E-state index contributed by atoms with van der Waals surface area (Å²) in [5, 5.41) is 14.4. The number of methoxy groups -OCH3 is 1. The van der Waals surface area contributed by atoms with E-state index in [4.69, 9.17) is 39.5 Å². The van der Waals surface area contributed by atoms with E-state index in [9.17, 15) is 14.9 Å². The van der Waals surface area contributed by atoms with Gasteiger partial charge in [0, 0.05) is 22.9 Å². The van der Waals surface area contributed by atoms with Crippen molar-refractivity contribution in [2.24, 2.45) is 0 Å². The average molecular weight is 452 g/mol. The van der Waals surface area contributed by atoms with Crippen molar-refractivity contribution in [1.82, 2.24) is 0 Å². The maximum atomic E-state index is 12.9. The van der Waals surface area contributed by atoms with Gasteiger partial charge < -0.3 is 10.1 Å². The number of anilines is 2. The molecule has 29 heavy (non-hydrogen) atoms. The summed E-state index contributed by atoms with van der Waals surface area (Å²) < 4.78 is 5.08. The molecular formula is C20H13Cl3N2O4. The number of para-hydroxylation sites is 2. The number of carbonyl (C=O) groups is 1. The molecule has 0 amide bonds. The van der Waals surface area contributed by atoms with Crippen LogP contribution in [0.25, 0.3) is 0 Å². The second-order valence-electron chi connectivity index (χ2n) is 5.87. The number of benzene rings is 3. The van der Waals surface area contributed by atoms with Gasteiger partial charge in [-0.25, -0.2) is 0 Å². The molecule has 0 fully saturated rings. The lowest BCUT2D eigenvalue weighted by atomic mass is 10.0. The predicted octanol–water partition coefficient (Wildman–Crippen LogP) is 6.54. The summed E-state index contributed by atoms with van der Waals surface area (Å²) in [5.41, 5.74) is 1.10. The lowest BCUT2D eigenvalue weighted by Crippen LogP contribution is -2.05. The zero-order valence-electron chi connectivity index (χ0n) is 14.9. The van der Waals surface area contributed by atoms with Crippen LogP contribution >= 0.6 is 34.8 Å². The molecule has 1 N–H and O–H groups in total. The van der Waals surface area contributed by atoms with Gasteiger partial charge in [-0.2, -0.15) is 0 Å². The van der Waals surface area contributed by atoms with Crippen molar-refractivity contribution in [3.63, 3.8) is 0 Å². The minimum atomic E-state index is -0.489. The molecule has 0 radical (unpaired) electrons. The maximum Gasteiger partial charge on any atom is 0.292 e. The Kier molecular flexibility index (Phi) is 6.27. The van der Waals surface area contributed by atoms with E-state index in [-0.39, 0.29) is 31.9 Å². The number of nitro benzene ring substituents is 1. The second-order valence-corrected chi connectivity index (χ2v) is 7.03. The molecular weight excluding hydrogens is 439 g/mol. The van der Waals surface area contributed by atoms with E-state index in [0.29, 0.717) is 17.1 Å². The summed E-state index contributed by atoms with van der Waals surface area (Å²) >= 11 is 18.6. The molecule has 0 atom stereocenters. The van der Waals surface area contributed by atoms with Crippen LogP contribution < -0.4 is 10.1 Å². The van der Waals surface area contributed by atoms with E-state index < -0.39 is 10.7 Å². The highest BCUT2D eigenvalue weighted by Gasteiger charge is 2.20. The lowest BCUT2D eigenvalue weighted by Gasteiger charge is -2.12. The summed E-state index contributed by atoms with van der Waals surface area (Å²) in [6.07, 6.45) is 0. The van der Waals surface area contributed by atoms with Crippen molar-refractivity contribution < 1.29 is 14.5 Å². The van der Waals surface area contributed by atoms with Gasteiger partial charge in [0.15, 0.2) is 5.78 Å². The van der Waals surface area contributed by atoms with Crippen LogP contribution in [0.15, 0.2) is 54.6 Å². The van der Waals surface area contributed by atoms with E-state index in [1.165, 1.54) is 31.4 Å². The molecule has 0 saturated carbocycles. The van der Waals surface area contributed by atoms with Crippen molar-refractivity contribution in [2.45, 2.75) is 0 Å². The Morgan fingerprint density at radius 1 is 1.00 bits per heavy atom. The summed E-state index contributed by atoms with van der Waals surface area (Å²) in [7, 11) is 1.44. The molecule has 0 aliphatic carbocycles. The van der Waals surface area contributed by atoms with Crippen molar-refractivity contribution in [1.29, 1.82) is 0 Å².